The zero-order valence-corrected chi connectivity index (χ0v) is 13.6. The standard InChI is InChI=1S/C15H18ClFO3S/c1-12(2)21(18,19)10-9-20-15-11-14(17)7-6-13(15)5-3-4-8-16/h6-7,11-12H,4,8-10H2,1-2H3. The topological polar surface area (TPSA) is 43.4 Å². The molecule has 0 saturated carbocycles. The van der Waals surface area contributed by atoms with Crippen molar-refractivity contribution in [2.45, 2.75) is 25.5 Å². The molecule has 0 aliphatic heterocycles. The molecule has 0 fully saturated rings. The molecule has 0 atom stereocenters. The lowest BCUT2D eigenvalue weighted by atomic mass is 10.2. The van der Waals surface area contributed by atoms with Gasteiger partial charge in [-0.3, -0.25) is 0 Å². The first kappa shape index (κ1) is 17.8. The van der Waals surface area contributed by atoms with Crippen molar-refractivity contribution in [3.05, 3.63) is 29.6 Å². The molecule has 0 unspecified atom stereocenters. The summed E-state index contributed by atoms with van der Waals surface area (Å²) in [4.78, 5) is 0. The zero-order valence-electron chi connectivity index (χ0n) is 12.0. The molecule has 3 nitrogen and oxygen atoms in total. The van der Waals surface area contributed by atoms with Crippen LogP contribution in [0.15, 0.2) is 18.2 Å². The Labute approximate surface area is 130 Å². The van der Waals surface area contributed by atoms with Crippen LogP contribution >= 0.6 is 11.6 Å². The number of benzene rings is 1. The minimum absolute atomic E-state index is 0.0336. The van der Waals surface area contributed by atoms with Gasteiger partial charge < -0.3 is 4.74 Å². The quantitative estimate of drug-likeness (QED) is 0.594. The van der Waals surface area contributed by atoms with E-state index < -0.39 is 20.9 Å². The molecule has 1 rings (SSSR count). The van der Waals surface area contributed by atoms with Crippen LogP contribution < -0.4 is 4.74 Å². The maximum absolute atomic E-state index is 13.3. The van der Waals surface area contributed by atoms with Crippen LogP contribution in [0.4, 0.5) is 4.39 Å². The van der Waals surface area contributed by atoms with Crippen LogP contribution in [0.1, 0.15) is 25.8 Å². The number of sulfone groups is 1. The van der Waals surface area contributed by atoms with E-state index in [1.54, 1.807) is 13.8 Å². The number of rotatable bonds is 6. The summed E-state index contributed by atoms with van der Waals surface area (Å²) in [6.45, 7) is 3.19. The molecule has 0 amide bonds. The molecule has 0 aliphatic carbocycles. The van der Waals surface area contributed by atoms with Crippen molar-refractivity contribution in [2.75, 3.05) is 18.2 Å². The fourth-order valence-electron chi connectivity index (χ4n) is 1.43. The van der Waals surface area contributed by atoms with E-state index >= 15 is 0 Å². The number of hydrogen-bond donors (Lipinski definition) is 0. The highest BCUT2D eigenvalue weighted by molar-refractivity contribution is 7.91. The van der Waals surface area contributed by atoms with Crippen LogP contribution in [-0.2, 0) is 9.84 Å². The average molecular weight is 333 g/mol. The van der Waals surface area contributed by atoms with Gasteiger partial charge in [0.25, 0.3) is 0 Å². The van der Waals surface area contributed by atoms with Crippen LogP contribution in [-0.4, -0.2) is 31.9 Å². The Morgan fingerprint density at radius 2 is 2.10 bits per heavy atom. The van der Waals surface area contributed by atoms with E-state index in [1.165, 1.54) is 18.2 Å². The lowest BCUT2D eigenvalue weighted by Crippen LogP contribution is -2.22. The van der Waals surface area contributed by atoms with Gasteiger partial charge in [-0.1, -0.05) is 11.8 Å². The van der Waals surface area contributed by atoms with Gasteiger partial charge >= 0.3 is 0 Å². The van der Waals surface area contributed by atoms with Gasteiger partial charge in [0, 0.05) is 18.4 Å². The molecule has 0 radical (unpaired) electrons. The van der Waals surface area contributed by atoms with Gasteiger partial charge in [-0.2, -0.15) is 0 Å². The van der Waals surface area contributed by atoms with Crippen molar-refractivity contribution in [3.63, 3.8) is 0 Å². The van der Waals surface area contributed by atoms with Crippen molar-refractivity contribution >= 4 is 21.4 Å². The summed E-state index contributed by atoms with van der Waals surface area (Å²) in [5.41, 5.74) is 0.517. The summed E-state index contributed by atoms with van der Waals surface area (Å²) >= 11 is 5.54. The smallest absolute Gasteiger partial charge is 0.155 e. The number of halogens is 2. The summed E-state index contributed by atoms with van der Waals surface area (Å²) in [6.07, 6.45) is 0.514. The normalized spacial score (nSPS) is 11.1. The lowest BCUT2D eigenvalue weighted by Gasteiger charge is -2.10. The van der Waals surface area contributed by atoms with Crippen LogP contribution in [0.25, 0.3) is 0 Å². The Hall–Kier alpha value is -1.25. The van der Waals surface area contributed by atoms with Gasteiger partial charge in [-0.15, -0.1) is 11.6 Å². The lowest BCUT2D eigenvalue weighted by molar-refractivity contribution is 0.337. The molecule has 0 aliphatic rings. The minimum Gasteiger partial charge on any atom is -0.491 e. The molecule has 0 aromatic heterocycles. The fourth-order valence-corrected chi connectivity index (χ4v) is 2.31. The highest BCUT2D eigenvalue weighted by Crippen LogP contribution is 2.19. The monoisotopic (exact) mass is 332 g/mol. The molecular weight excluding hydrogens is 315 g/mol. The number of hydrogen-bond acceptors (Lipinski definition) is 3. The maximum Gasteiger partial charge on any atom is 0.155 e. The first-order chi connectivity index (χ1) is 9.86. The molecule has 6 heteroatoms. The number of alkyl halides is 1. The molecule has 0 heterocycles. The Kier molecular flexibility index (Phi) is 7.00. The Morgan fingerprint density at radius 3 is 2.71 bits per heavy atom. The van der Waals surface area contributed by atoms with Gasteiger partial charge in [0.2, 0.25) is 0 Å². The van der Waals surface area contributed by atoms with Gasteiger partial charge in [-0.25, -0.2) is 12.8 Å². The summed E-state index contributed by atoms with van der Waals surface area (Å²) in [6, 6.07) is 3.98. The summed E-state index contributed by atoms with van der Waals surface area (Å²) < 4.78 is 42.0. The van der Waals surface area contributed by atoms with Crippen molar-refractivity contribution < 1.29 is 17.5 Å². The van der Waals surface area contributed by atoms with Crippen LogP contribution in [0.5, 0.6) is 5.75 Å². The molecular formula is C15H18ClFO3S. The van der Waals surface area contributed by atoms with Crippen molar-refractivity contribution in [2.24, 2.45) is 0 Å². The Bertz CT molecular complexity index is 630. The van der Waals surface area contributed by atoms with E-state index in [0.717, 1.165) is 0 Å². The zero-order chi connectivity index (χ0) is 15.9. The molecule has 0 saturated heterocycles. The van der Waals surface area contributed by atoms with E-state index in [-0.39, 0.29) is 18.1 Å². The minimum atomic E-state index is -3.18. The van der Waals surface area contributed by atoms with Crippen LogP contribution in [0.2, 0.25) is 0 Å². The highest BCUT2D eigenvalue weighted by Gasteiger charge is 2.16. The molecule has 21 heavy (non-hydrogen) atoms. The van der Waals surface area contributed by atoms with Gasteiger partial charge in [0.15, 0.2) is 9.84 Å². The van der Waals surface area contributed by atoms with Gasteiger partial charge in [-0.05, 0) is 26.0 Å². The van der Waals surface area contributed by atoms with E-state index in [4.69, 9.17) is 16.3 Å². The second kappa shape index (κ2) is 8.26. The maximum atomic E-state index is 13.3. The van der Waals surface area contributed by atoms with Gasteiger partial charge in [0.05, 0.1) is 16.6 Å². The highest BCUT2D eigenvalue weighted by atomic mass is 35.5. The first-order valence-corrected chi connectivity index (χ1v) is 8.80. The molecule has 0 spiro atoms. The summed E-state index contributed by atoms with van der Waals surface area (Å²) in [7, 11) is -3.18. The van der Waals surface area contributed by atoms with Crippen molar-refractivity contribution in [1.29, 1.82) is 0 Å². The SMILES string of the molecule is CC(C)S(=O)(=O)CCOc1cc(F)ccc1C#CCCCl. The molecule has 0 bridgehead atoms. The number of ether oxygens (including phenoxy) is 1. The van der Waals surface area contributed by atoms with E-state index in [0.29, 0.717) is 17.9 Å². The molecule has 0 N–H and O–H groups in total. The van der Waals surface area contributed by atoms with Crippen molar-refractivity contribution in [1.82, 2.24) is 0 Å². The molecule has 116 valence electrons. The molecule has 1 aromatic carbocycles. The first-order valence-electron chi connectivity index (χ1n) is 6.55. The van der Waals surface area contributed by atoms with Gasteiger partial charge in [0.1, 0.15) is 18.2 Å². The fraction of sp³-hybridized carbons (Fsp3) is 0.467. The molecule has 1 aromatic rings. The third-order valence-corrected chi connectivity index (χ3v) is 5.09. The summed E-state index contributed by atoms with van der Waals surface area (Å²) in [5.74, 6) is 5.76. The van der Waals surface area contributed by atoms with Crippen molar-refractivity contribution in [3.8, 4) is 17.6 Å². The largest absolute Gasteiger partial charge is 0.491 e. The third kappa shape index (κ3) is 5.94. The second-order valence-corrected chi connectivity index (χ2v) is 7.70. The Morgan fingerprint density at radius 1 is 1.38 bits per heavy atom. The van der Waals surface area contributed by atoms with Crippen LogP contribution in [0, 0.1) is 17.7 Å². The second-order valence-electron chi connectivity index (χ2n) is 4.65. The van der Waals surface area contributed by atoms with E-state index in [1.807, 2.05) is 0 Å². The Balaban J connectivity index is 2.79. The summed E-state index contributed by atoms with van der Waals surface area (Å²) in [5, 5.41) is -0.461. The third-order valence-electron chi connectivity index (χ3n) is 2.73. The predicted octanol–water partition coefficient (Wildman–Crippen LogP) is 3.01. The predicted molar refractivity (Wildman–Crippen MR) is 83.0 cm³/mol. The van der Waals surface area contributed by atoms with E-state index in [2.05, 4.69) is 11.8 Å². The van der Waals surface area contributed by atoms with Crippen LogP contribution in [0.3, 0.4) is 0 Å². The van der Waals surface area contributed by atoms with E-state index in [9.17, 15) is 12.8 Å². The average Bonchev–Trinajstić information content (AvgIpc) is 2.41.